The van der Waals surface area contributed by atoms with E-state index in [9.17, 15) is 0 Å². The van der Waals surface area contributed by atoms with E-state index >= 15 is 0 Å². The summed E-state index contributed by atoms with van der Waals surface area (Å²) in [7, 11) is 0. The molecule has 2 aromatic heterocycles. The molecule has 1 aliphatic carbocycles. The molecule has 3 unspecified atom stereocenters. The molecular weight excluding hydrogens is 376 g/mol. The molecule has 2 aliphatic rings. The summed E-state index contributed by atoms with van der Waals surface area (Å²) >= 11 is 0. The van der Waals surface area contributed by atoms with Gasteiger partial charge in [-0.05, 0) is 55.2 Å². The number of hydrogen-bond donors (Lipinski definition) is 2. The third-order valence-corrected chi connectivity index (χ3v) is 6.08. The third kappa shape index (κ3) is 2.98. The standard InChI is InChI=1S/C23H22N6O/c24-22-20-21(14-6-8-18(9-7-14)30-17-4-2-1-3-5-17)28-29(23(20)27-13-26-22)16-10-15-11-19(15)25-12-16/h1-9,13,15-16,19,25H,10-12H2,(H2,24,26,27). The van der Waals surface area contributed by atoms with Gasteiger partial charge >= 0.3 is 0 Å². The first kappa shape index (κ1) is 17.4. The largest absolute Gasteiger partial charge is 0.457 e. The van der Waals surface area contributed by atoms with Gasteiger partial charge in [0.2, 0.25) is 0 Å². The fourth-order valence-corrected chi connectivity index (χ4v) is 4.42. The van der Waals surface area contributed by atoms with Crippen LogP contribution in [-0.2, 0) is 0 Å². The molecule has 0 radical (unpaired) electrons. The summed E-state index contributed by atoms with van der Waals surface area (Å²) in [6.45, 7) is 0.908. The van der Waals surface area contributed by atoms with Gasteiger partial charge in [0.05, 0.1) is 11.4 Å². The lowest BCUT2D eigenvalue weighted by Crippen LogP contribution is -2.33. The lowest BCUT2D eigenvalue weighted by atomic mass is 10.1. The Kier molecular flexibility index (Phi) is 3.95. The topological polar surface area (TPSA) is 90.9 Å². The molecule has 0 spiro atoms. The third-order valence-electron chi connectivity index (χ3n) is 6.08. The van der Waals surface area contributed by atoms with Gasteiger partial charge in [-0.1, -0.05) is 18.2 Å². The maximum atomic E-state index is 6.26. The Hall–Kier alpha value is -3.45. The van der Waals surface area contributed by atoms with E-state index in [1.807, 2.05) is 59.3 Å². The molecule has 2 fully saturated rings. The molecule has 1 saturated heterocycles. The molecular formula is C23H22N6O. The average molecular weight is 398 g/mol. The van der Waals surface area contributed by atoms with Crippen molar-refractivity contribution in [1.82, 2.24) is 25.1 Å². The minimum absolute atomic E-state index is 0.278. The zero-order valence-corrected chi connectivity index (χ0v) is 16.4. The second kappa shape index (κ2) is 6.81. The molecule has 4 aromatic rings. The molecule has 3 heterocycles. The number of nitrogens with one attached hydrogen (secondary N) is 1. The number of piperidine rings is 1. The Labute approximate surface area is 173 Å². The van der Waals surface area contributed by atoms with Gasteiger partial charge in [0.1, 0.15) is 29.3 Å². The van der Waals surface area contributed by atoms with Crippen LogP contribution in [0, 0.1) is 5.92 Å². The minimum atomic E-state index is 0.278. The van der Waals surface area contributed by atoms with Crippen LogP contribution in [-0.4, -0.2) is 32.3 Å². The Morgan fingerprint density at radius 3 is 2.57 bits per heavy atom. The summed E-state index contributed by atoms with van der Waals surface area (Å²) in [5.74, 6) is 2.79. The van der Waals surface area contributed by atoms with Crippen LogP contribution in [0.1, 0.15) is 18.9 Å². The number of para-hydroxylation sites is 1. The van der Waals surface area contributed by atoms with Crippen molar-refractivity contribution in [3.8, 4) is 22.8 Å². The van der Waals surface area contributed by atoms with Crippen LogP contribution in [0.3, 0.4) is 0 Å². The molecule has 3 N–H and O–H groups in total. The van der Waals surface area contributed by atoms with Gasteiger partial charge in [-0.2, -0.15) is 5.10 Å². The summed E-state index contributed by atoms with van der Waals surface area (Å²) in [4.78, 5) is 8.75. The van der Waals surface area contributed by atoms with E-state index in [1.165, 1.54) is 12.7 Å². The number of rotatable bonds is 4. The first-order valence-electron chi connectivity index (χ1n) is 10.3. The lowest BCUT2D eigenvalue weighted by molar-refractivity contribution is 0.345. The molecule has 3 atom stereocenters. The highest BCUT2D eigenvalue weighted by Crippen LogP contribution is 2.42. The molecule has 150 valence electrons. The number of fused-ring (bicyclic) bond motifs is 2. The molecule has 30 heavy (non-hydrogen) atoms. The molecule has 1 aliphatic heterocycles. The average Bonchev–Trinajstić information content (AvgIpc) is 3.45. The van der Waals surface area contributed by atoms with Crippen molar-refractivity contribution < 1.29 is 4.74 Å². The molecule has 2 aromatic carbocycles. The van der Waals surface area contributed by atoms with Crippen molar-refractivity contribution in [3.63, 3.8) is 0 Å². The Balaban J connectivity index is 1.37. The van der Waals surface area contributed by atoms with E-state index in [0.29, 0.717) is 11.9 Å². The van der Waals surface area contributed by atoms with Gasteiger partial charge in [0.15, 0.2) is 5.65 Å². The van der Waals surface area contributed by atoms with E-state index < -0.39 is 0 Å². The van der Waals surface area contributed by atoms with Crippen molar-refractivity contribution in [1.29, 1.82) is 0 Å². The molecule has 0 amide bonds. The second-order valence-electron chi connectivity index (χ2n) is 8.09. The van der Waals surface area contributed by atoms with Gasteiger partial charge in [0.25, 0.3) is 0 Å². The number of anilines is 1. The number of benzene rings is 2. The zero-order chi connectivity index (χ0) is 20.1. The Bertz CT molecular complexity index is 1200. The first-order chi connectivity index (χ1) is 14.8. The predicted molar refractivity (Wildman–Crippen MR) is 115 cm³/mol. The summed E-state index contributed by atoms with van der Waals surface area (Å²) in [6, 6.07) is 18.6. The number of aromatic nitrogens is 4. The fourth-order valence-electron chi connectivity index (χ4n) is 4.42. The quantitative estimate of drug-likeness (QED) is 0.543. The van der Waals surface area contributed by atoms with Crippen molar-refractivity contribution >= 4 is 16.9 Å². The number of nitrogen functional groups attached to an aromatic ring is 1. The van der Waals surface area contributed by atoms with Crippen LogP contribution >= 0.6 is 0 Å². The van der Waals surface area contributed by atoms with Gasteiger partial charge in [0, 0.05) is 18.2 Å². The fraction of sp³-hybridized carbons (Fsp3) is 0.261. The summed E-state index contributed by atoms with van der Waals surface area (Å²) < 4.78 is 7.95. The number of nitrogens with zero attached hydrogens (tertiary/aromatic N) is 4. The highest BCUT2D eigenvalue weighted by molar-refractivity contribution is 5.98. The summed E-state index contributed by atoms with van der Waals surface area (Å²) in [6.07, 6.45) is 3.91. The maximum Gasteiger partial charge on any atom is 0.164 e. The van der Waals surface area contributed by atoms with Gasteiger partial charge in [-0.3, -0.25) is 0 Å². The van der Waals surface area contributed by atoms with Gasteiger partial charge in [-0.15, -0.1) is 0 Å². The normalized spacial score (nSPS) is 22.6. The van der Waals surface area contributed by atoms with Crippen molar-refractivity contribution in [2.75, 3.05) is 12.3 Å². The zero-order valence-electron chi connectivity index (χ0n) is 16.4. The van der Waals surface area contributed by atoms with E-state index in [2.05, 4.69) is 15.3 Å². The van der Waals surface area contributed by atoms with Crippen molar-refractivity contribution in [2.24, 2.45) is 5.92 Å². The first-order valence-corrected chi connectivity index (χ1v) is 10.3. The minimum Gasteiger partial charge on any atom is -0.457 e. The van der Waals surface area contributed by atoms with E-state index in [4.69, 9.17) is 15.6 Å². The van der Waals surface area contributed by atoms with Crippen LogP contribution in [0.5, 0.6) is 11.5 Å². The highest BCUT2D eigenvalue weighted by atomic mass is 16.5. The van der Waals surface area contributed by atoms with Crippen LogP contribution in [0.25, 0.3) is 22.3 Å². The molecule has 0 bridgehead atoms. The Morgan fingerprint density at radius 2 is 1.77 bits per heavy atom. The summed E-state index contributed by atoms with van der Waals surface area (Å²) in [5, 5.41) is 9.39. The van der Waals surface area contributed by atoms with Crippen molar-refractivity contribution in [2.45, 2.75) is 24.9 Å². The van der Waals surface area contributed by atoms with Gasteiger partial charge in [-0.25, -0.2) is 14.6 Å². The number of nitrogens with two attached hydrogens (primary N) is 1. The van der Waals surface area contributed by atoms with Crippen LogP contribution < -0.4 is 15.8 Å². The summed E-state index contributed by atoms with van der Waals surface area (Å²) in [5.41, 5.74) is 8.84. The highest BCUT2D eigenvalue weighted by Gasteiger charge is 2.43. The number of hydrogen-bond acceptors (Lipinski definition) is 6. The molecule has 6 rings (SSSR count). The van der Waals surface area contributed by atoms with Gasteiger partial charge < -0.3 is 15.8 Å². The second-order valence-corrected chi connectivity index (χ2v) is 8.09. The molecule has 7 heteroatoms. The maximum absolute atomic E-state index is 6.26. The van der Waals surface area contributed by atoms with E-state index in [-0.39, 0.29) is 6.04 Å². The van der Waals surface area contributed by atoms with E-state index in [0.717, 1.165) is 52.7 Å². The van der Waals surface area contributed by atoms with Crippen LogP contribution in [0.2, 0.25) is 0 Å². The van der Waals surface area contributed by atoms with Crippen LogP contribution in [0.15, 0.2) is 60.9 Å². The van der Waals surface area contributed by atoms with Crippen molar-refractivity contribution in [3.05, 3.63) is 60.9 Å². The van der Waals surface area contributed by atoms with E-state index in [1.54, 1.807) is 0 Å². The molecule has 7 nitrogen and oxygen atoms in total. The monoisotopic (exact) mass is 398 g/mol. The molecule has 1 saturated carbocycles. The number of ether oxygens (including phenoxy) is 1. The SMILES string of the molecule is Nc1ncnc2c1c(-c1ccc(Oc3ccccc3)cc1)nn2C1CNC2CC2C1. The lowest BCUT2D eigenvalue weighted by Gasteiger charge is -2.23. The predicted octanol–water partition coefficient (Wildman–Crippen LogP) is 3.79. The smallest absolute Gasteiger partial charge is 0.164 e. The van der Waals surface area contributed by atoms with Crippen LogP contribution in [0.4, 0.5) is 5.82 Å². The Morgan fingerprint density at radius 1 is 0.967 bits per heavy atom.